The summed E-state index contributed by atoms with van der Waals surface area (Å²) in [6, 6.07) is -0.00940. The van der Waals surface area contributed by atoms with Crippen LogP contribution >= 0.6 is 0 Å². The Kier molecular flexibility index (Phi) is 3.61. The van der Waals surface area contributed by atoms with Crippen molar-refractivity contribution in [2.75, 3.05) is 0 Å². The van der Waals surface area contributed by atoms with E-state index in [1.54, 1.807) is 6.26 Å². The summed E-state index contributed by atoms with van der Waals surface area (Å²) in [6.07, 6.45) is 3.93. The summed E-state index contributed by atoms with van der Waals surface area (Å²) in [7, 11) is 0. The van der Waals surface area contributed by atoms with Gasteiger partial charge in [-0.3, -0.25) is 0 Å². The monoisotopic (exact) mass is 213 g/mol. The lowest BCUT2D eigenvalue weighted by Gasteiger charge is -2.28. The number of rotatable bonds is 1. The molecule has 0 bridgehead atoms. The van der Waals surface area contributed by atoms with E-state index in [0.717, 1.165) is 6.42 Å². The minimum absolute atomic E-state index is 0.00940. The molecule has 0 radical (unpaired) electrons. The molecule has 2 atom stereocenters. The summed E-state index contributed by atoms with van der Waals surface area (Å²) in [4.78, 5) is 11.5. The Bertz CT molecular complexity index is 255. The predicted molar refractivity (Wildman–Crippen MR) is 57.5 cm³/mol. The van der Waals surface area contributed by atoms with Gasteiger partial charge in [-0.1, -0.05) is 0 Å². The van der Waals surface area contributed by atoms with Gasteiger partial charge in [-0.25, -0.2) is 4.79 Å². The van der Waals surface area contributed by atoms with Gasteiger partial charge in [0.25, 0.3) is 0 Å². The molecule has 1 aliphatic rings. The number of carbonyl (C=O) groups excluding carboxylic acids is 1. The number of nitrogens with one attached hydrogen (secondary N) is 1. The van der Waals surface area contributed by atoms with Gasteiger partial charge < -0.3 is 14.8 Å². The van der Waals surface area contributed by atoms with Gasteiger partial charge in [-0.05, 0) is 40.2 Å². The molecule has 86 valence electrons. The highest BCUT2D eigenvalue weighted by Gasteiger charge is 2.24. The first-order valence-corrected chi connectivity index (χ1v) is 5.18. The molecular weight excluding hydrogens is 194 g/mol. The quantitative estimate of drug-likeness (QED) is 0.726. The molecule has 0 aromatic carbocycles. The van der Waals surface area contributed by atoms with Crippen molar-refractivity contribution in [3.05, 3.63) is 12.3 Å². The van der Waals surface area contributed by atoms with Gasteiger partial charge in [-0.2, -0.15) is 0 Å². The molecule has 0 aromatic rings. The van der Waals surface area contributed by atoms with E-state index >= 15 is 0 Å². The summed E-state index contributed by atoms with van der Waals surface area (Å²) in [5.41, 5.74) is -0.460. The van der Waals surface area contributed by atoms with E-state index in [9.17, 15) is 4.79 Å². The van der Waals surface area contributed by atoms with Gasteiger partial charge in [-0.15, -0.1) is 0 Å². The van der Waals surface area contributed by atoms with Crippen LogP contribution in [0.4, 0.5) is 4.79 Å². The molecule has 4 heteroatoms. The van der Waals surface area contributed by atoms with Crippen LogP contribution in [0.25, 0.3) is 0 Å². The highest BCUT2D eigenvalue weighted by Crippen LogP contribution is 2.12. The number of hydrogen-bond acceptors (Lipinski definition) is 3. The molecule has 1 rings (SSSR count). The minimum Gasteiger partial charge on any atom is -0.497 e. The third-order valence-electron chi connectivity index (χ3n) is 2.05. The number of hydrogen-bond donors (Lipinski definition) is 1. The summed E-state index contributed by atoms with van der Waals surface area (Å²) in [6.45, 7) is 7.44. The number of alkyl carbamates (subject to hydrolysis) is 1. The molecule has 0 saturated carbocycles. The van der Waals surface area contributed by atoms with Crippen molar-refractivity contribution in [2.45, 2.75) is 51.9 Å². The highest BCUT2D eigenvalue weighted by atomic mass is 16.6. The second kappa shape index (κ2) is 4.55. The second-order valence-corrected chi connectivity index (χ2v) is 4.70. The van der Waals surface area contributed by atoms with E-state index < -0.39 is 11.7 Å². The van der Waals surface area contributed by atoms with E-state index in [1.807, 2.05) is 33.8 Å². The average Bonchev–Trinajstić information content (AvgIpc) is 2.05. The molecule has 1 N–H and O–H groups in total. The number of amides is 1. The fourth-order valence-electron chi connectivity index (χ4n) is 1.30. The second-order valence-electron chi connectivity index (χ2n) is 4.70. The van der Waals surface area contributed by atoms with Crippen LogP contribution < -0.4 is 5.32 Å². The van der Waals surface area contributed by atoms with E-state index in [2.05, 4.69) is 5.32 Å². The Morgan fingerprint density at radius 2 is 2.20 bits per heavy atom. The van der Waals surface area contributed by atoms with Crippen molar-refractivity contribution in [2.24, 2.45) is 0 Å². The van der Waals surface area contributed by atoms with Crippen LogP contribution in [0.2, 0.25) is 0 Å². The van der Waals surface area contributed by atoms with E-state index in [0.29, 0.717) is 0 Å². The Hall–Kier alpha value is -1.19. The molecule has 1 aliphatic heterocycles. The maximum atomic E-state index is 11.5. The Morgan fingerprint density at radius 1 is 1.53 bits per heavy atom. The van der Waals surface area contributed by atoms with Crippen LogP contribution in [0.5, 0.6) is 0 Å². The first-order chi connectivity index (χ1) is 6.88. The van der Waals surface area contributed by atoms with Crippen molar-refractivity contribution in [3.63, 3.8) is 0 Å². The van der Waals surface area contributed by atoms with Crippen molar-refractivity contribution in [1.29, 1.82) is 0 Å². The summed E-state index contributed by atoms with van der Waals surface area (Å²) >= 11 is 0. The lowest BCUT2D eigenvalue weighted by atomic mass is 10.1. The van der Waals surface area contributed by atoms with Crippen LogP contribution in [0.15, 0.2) is 12.3 Å². The standard InChI is InChI=1S/C11H19NO3/c1-8-9(6-5-7-14-8)12-10(13)15-11(2,3)4/h5,7-9H,6H2,1-4H3,(H,12,13)/t8-,9+/m1/s1. The third kappa shape index (κ3) is 4.23. The van der Waals surface area contributed by atoms with E-state index in [1.165, 1.54) is 0 Å². The van der Waals surface area contributed by atoms with Gasteiger partial charge >= 0.3 is 6.09 Å². The predicted octanol–water partition coefficient (Wildman–Crippen LogP) is 2.20. The van der Waals surface area contributed by atoms with E-state index in [4.69, 9.17) is 9.47 Å². The van der Waals surface area contributed by atoms with Crippen LogP contribution in [0.3, 0.4) is 0 Å². The van der Waals surface area contributed by atoms with Gasteiger partial charge in [0.15, 0.2) is 0 Å². The maximum absolute atomic E-state index is 11.5. The topological polar surface area (TPSA) is 47.6 Å². The fraction of sp³-hybridized carbons (Fsp3) is 0.727. The molecule has 0 aromatic heterocycles. The molecule has 0 fully saturated rings. The van der Waals surface area contributed by atoms with Crippen LogP contribution in [0.1, 0.15) is 34.1 Å². The summed E-state index contributed by atoms with van der Waals surface area (Å²) in [5.74, 6) is 0. The smallest absolute Gasteiger partial charge is 0.408 e. The van der Waals surface area contributed by atoms with Gasteiger partial charge in [0.1, 0.15) is 11.7 Å². The van der Waals surface area contributed by atoms with Crippen molar-refractivity contribution >= 4 is 6.09 Å². The van der Waals surface area contributed by atoms with E-state index in [-0.39, 0.29) is 12.1 Å². The lowest BCUT2D eigenvalue weighted by Crippen LogP contribution is -2.45. The van der Waals surface area contributed by atoms with Gasteiger partial charge in [0, 0.05) is 0 Å². The SMILES string of the molecule is C[C@H]1OC=CC[C@@H]1NC(=O)OC(C)(C)C. The number of ether oxygens (including phenoxy) is 2. The largest absolute Gasteiger partial charge is 0.497 e. The molecule has 0 unspecified atom stereocenters. The normalized spacial score (nSPS) is 25.6. The van der Waals surface area contributed by atoms with Crippen molar-refractivity contribution < 1.29 is 14.3 Å². The first-order valence-electron chi connectivity index (χ1n) is 5.18. The molecular formula is C11H19NO3. The molecule has 0 saturated heterocycles. The Morgan fingerprint density at radius 3 is 2.73 bits per heavy atom. The summed E-state index contributed by atoms with van der Waals surface area (Å²) < 4.78 is 10.4. The highest BCUT2D eigenvalue weighted by molar-refractivity contribution is 5.68. The summed E-state index contributed by atoms with van der Waals surface area (Å²) in [5, 5.41) is 2.79. The van der Waals surface area contributed by atoms with Crippen LogP contribution in [-0.4, -0.2) is 23.8 Å². The zero-order chi connectivity index (χ0) is 11.5. The first kappa shape index (κ1) is 11.9. The molecule has 1 heterocycles. The zero-order valence-electron chi connectivity index (χ0n) is 9.74. The average molecular weight is 213 g/mol. The van der Waals surface area contributed by atoms with Crippen molar-refractivity contribution in [1.82, 2.24) is 5.32 Å². The third-order valence-corrected chi connectivity index (χ3v) is 2.05. The van der Waals surface area contributed by atoms with Crippen LogP contribution in [0, 0.1) is 0 Å². The van der Waals surface area contributed by atoms with Gasteiger partial charge in [0.05, 0.1) is 12.3 Å². The lowest BCUT2D eigenvalue weighted by molar-refractivity contribution is 0.0403. The maximum Gasteiger partial charge on any atom is 0.408 e. The molecule has 0 spiro atoms. The Labute approximate surface area is 90.6 Å². The minimum atomic E-state index is -0.460. The fourth-order valence-corrected chi connectivity index (χ4v) is 1.30. The molecule has 1 amide bonds. The van der Waals surface area contributed by atoms with Gasteiger partial charge in [0.2, 0.25) is 0 Å². The number of carbonyl (C=O) groups is 1. The Balaban J connectivity index is 2.41. The molecule has 0 aliphatic carbocycles. The molecule has 4 nitrogen and oxygen atoms in total. The van der Waals surface area contributed by atoms with Crippen molar-refractivity contribution in [3.8, 4) is 0 Å². The molecule has 15 heavy (non-hydrogen) atoms. The van der Waals surface area contributed by atoms with Crippen LogP contribution in [-0.2, 0) is 9.47 Å². The zero-order valence-corrected chi connectivity index (χ0v) is 9.74.